The molecule has 0 N–H and O–H groups in total. The zero-order valence-corrected chi connectivity index (χ0v) is 17.5. The highest BCUT2D eigenvalue weighted by Gasteiger charge is 2.12. The fourth-order valence-corrected chi connectivity index (χ4v) is 3.65. The average Bonchev–Trinajstić information content (AvgIpc) is 2.55. The molecule has 0 amide bonds. The molecule has 0 saturated heterocycles. The molecule has 0 saturated carbocycles. The van der Waals surface area contributed by atoms with Gasteiger partial charge in [-0.25, -0.2) is 0 Å². The number of unbranched alkanes of at least 4 members (excludes halogenated alkanes) is 6. The van der Waals surface area contributed by atoms with Gasteiger partial charge in [-0.1, -0.05) is 125 Å². The Labute approximate surface area is 149 Å². The van der Waals surface area contributed by atoms with Gasteiger partial charge in [-0.05, 0) is 23.7 Å². The standard InChI is InChI=1S/C23H48/c1-7-9-16-20(3)22(5)18-14-12-11-13-15-19-23(6)21(4)17-10-8-2/h20-23H,7-19H2,1-6H3. The Morgan fingerprint density at radius 2 is 0.652 bits per heavy atom. The number of hydrogen-bond donors (Lipinski definition) is 0. The predicted octanol–water partition coefficient (Wildman–Crippen LogP) is 8.64. The molecule has 0 aliphatic heterocycles. The van der Waals surface area contributed by atoms with E-state index in [0.717, 1.165) is 23.7 Å². The summed E-state index contributed by atoms with van der Waals surface area (Å²) in [5.74, 6) is 3.72. The third kappa shape index (κ3) is 13.0. The van der Waals surface area contributed by atoms with Gasteiger partial charge in [-0.15, -0.1) is 0 Å². The summed E-state index contributed by atoms with van der Waals surface area (Å²) >= 11 is 0. The van der Waals surface area contributed by atoms with E-state index in [1.165, 1.54) is 83.5 Å². The lowest BCUT2D eigenvalue weighted by atomic mass is 9.86. The van der Waals surface area contributed by atoms with Gasteiger partial charge in [0.05, 0.1) is 0 Å². The van der Waals surface area contributed by atoms with Gasteiger partial charge in [0, 0.05) is 0 Å². The van der Waals surface area contributed by atoms with Gasteiger partial charge >= 0.3 is 0 Å². The minimum Gasteiger partial charge on any atom is -0.0654 e. The van der Waals surface area contributed by atoms with Crippen LogP contribution < -0.4 is 0 Å². The van der Waals surface area contributed by atoms with E-state index >= 15 is 0 Å². The molecular weight excluding hydrogens is 276 g/mol. The molecule has 23 heavy (non-hydrogen) atoms. The molecule has 0 aliphatic rings. The van der Waals surface area contributed by atoms with Crippen LogP contribution in [0.4, 0.5) is 0 Å². The first-order chi connectivity index (χ1) is 11.0. The first kappa shape index (κ1) is 23.0. The Balaban J connectivity index is 3.48. The number of rotatable bonds is 16. The van der Waals surface area contributed by atoms with E-state index in [9.17, 15) is 0 Å². The van der Waals surface area contributed by atoms with E-state index in [2.05, 4.69) is 41.5 Å². The SMILES string of the molecule is CCCCC(C)C(C)CCCCCCCC(C)C(C)CCCC. The normalized spacial score (nSPS) is 17.0. The molecule has 0 aromatic heterocycles. The largest absolute Gasteiger partial charge is 0.0654 e. The quantitative estimate of drug-likeness (QED) is 0.249. The Hall–Kier alpha value is 0. The highest BCUT2D eigenvalue weighted by atomic mass is 14.2. The highest BCUT2D eigenvalue weighted by Crippen LogP contribution is 2.25. The van der Waals surface area contributed by atoms with E-state index in [1.807, 2.05) is 0 Å². The van der Waals surface area contributed by atoms with Crippen LogP contribution in [0.1, 0.15) is 125 Å². The maximum Gasteiger partial charge on any atom is -0.0417 e. The van der Waals surface area contributed by atoms with Crippen molar-refractivity contribution in [2.24, 2.45) is 23.7 Å². The second-order valence-electron chi connectivity index (χ2n) is 8.54. The molecule has 0 aliphatic carbocycles. The zero-order valence-electron chi connectivity index (χ0n) is 17.5. The molecule has 0 nitrogen and oxygen atoms in total. The zero-order chi connectivity index (χ0) is 17.5. The summed E-state index contributed by atoms with van der Waals surface area (Å²) in [6, 6.07) is 0. The van der Waals surface area contributed by atoms with Gasteiger partial charge in [-0.2, -0.15) is 0 Å². The molecule has 0 rings (SSSR count). The summed E-state index contributed by atoms with van der Waals surface area (Å²) < 4.78 is 0. The lowest BCUT2D eigenvalue weighted by Gasteiger charge is -2.20. The molecule has 0 heteroatoms. The predicted molar refractivity (Wildman–Crippen MR) is 108 cm³/mol. The molecule has 0 heterocycles. The van der Waals surface area contributed by atoms with Crippen molar-refractivity contribution < 1.29 is 0 Å². The van der Waals surface area contributed by atoms with Crippen LogP contribution in [-0.4, -0.2) is 0 Å². The van der Waals surface area contributed by atoms with E-state index in [0.29, 0.717) is 0 Å². The van der Waals surface area contributed by atoms with Crippen molar-refractivity contribution in [3.05, 3.63) is 0 Å². The molecule has 4 atom stereocenters. The third-order valence-corrected chi connectivity index (χ3v) is 6.29. The summed E-state index contributed by atoms with van der Waals surface area (Å²) in [5.41, 5.74) is 0. The second-order valence-corrected chi connectivity index (χ2v) is 8.54. The van der Waals surface area contributed by atoms with Crippen molar-refractivity contribution in [2.75, 3.05) is 0 Å². The molecule has 0 aromatic rings. The van der Waals surface area contributed by atoms with E-state index in [-0.39, 0.29) is 0 Å². The van der Waals surface area contributed by atoms with Crippen LogP contribution in [0, 0.1) is 23.7 Å². The lowest BCUT2D eigenvalue weighted by Crippen LogP contribution is -2.08. The Morgan fingerprint density at radius 3 is 0.957 bits per heavy atom. The molecule has 0 aromatic carbocycles. The third-order valence-electron chi connectivity index (χ3n) is 6.29. The van der Waals surface area contributed by atoms with Gasteiger partial charge in [0.1, 0.15) is 0 Å². The molecule has 4 unspecified atom stereocenters. The van der Waals surface area contributed by atoms with Crippen LogP contribution in [0.5, 0.6) is 0 Å². The van der Waals surface area contributed by atoms with Crippen molar-refractivity contribution in [3.63, 3.8) is 0 Å². The molecule has 140 valence electrons. The monoisotopic (exact) mass is 324 g/mol. The van der Waals surface area contributed by atoms with Crippen LogP contribution >= 0.6 is 0 Å². The molecule has 0 spiro atoms. The smallest absolute Gasteiger partial charge is 0.0417 e. The minimum atomic E-state index is 0.931. The molecule has 0 fully saturated rings. The molecule has 0 radical (unpaired) electrons. The lowest BCUT2D eigenvalue weighted by molar-refractivity contribution is 0.318. The van der Waals surface area contributed by atoms with Crippen LogP contribution in [0.2, 0.25) is 0 Å². The van der Waals surface area contributed by atoms with Crippen LogP contribution in [-0.2, 0) is 0 Å². The summed E-state index contributed by atoms with van der Waals surface area (Å²) in [6.07, 6.45) is 18.6. The van der Waals surface area contributed by atoms with Gasteiger partial charge < -0.3 is 0 Å². The maximum atomic E-state index is 2.47. The van der Waals surface area contributed by atoms with Crippen molar-refractivity contribution in [1.82, 2.24) is 0 Å². The minimum absolute atomic E-state index is 0.931. The average molecular weight is 325 g/mol. The van der Waals surface area contributed by atoms with Crippen molar-refractivity contribution >= 4 is 0 Å². The van der Waals surface area contributed by atoms with E-state index in [4.69, 9.17) is 0 Å². The van der Waals surface area contributed by atoms with Gasteiger partial charge in [0.15, 0.2) is 0 Å². The Bertz CT molecular complexity index is 208. The molecule has 0 bridgehead atoms. The van der Waals surface area contributed by atoms with Crippen molar-refractivity contribution in [1.29, 1.82) is 0 Å². The maximum absolute atomic E-state index is 2.47. The summed E-state index contributed by atoms with van der Waals surface area (Å²) in [6.45, 7) is 14.5. The van der Waals surface area contributed by atoms with Crippen LogP contribution in [0.15, 0.2) is 0 Å². The fraction of sp³-hybridized carbons (Fsp3) is 1.00. The van der Waals surface area contributed by atoms with Gasteiger partial charge in [0.2, 0.25) is 0 Å². The highest BCUT2D eigenvalue weighted by molar-refractivity contribution is 4.64. The number of hydrogen-bond acceptors (Lipinski definition) is 0. The van der Waals surface area contributed by atoms with Crippen molar-refractivity contribution in [2.45, 2.75) is 125 Å². The van der Waals surface area contributed by atoms with Crippen molar-refractivity contribution in [3.8, 4) is 0 Å². The van der Waals surface area contributed by atoms with Crippen LogP contribution in [0.25, 0.3) is 0 Å². The molecular formula is C23H48. The summed E-state index contributed by atoms with van der Waals surface area (Å²) in [5, 5.41) is 0. The van der Waals surface area contributed by atoms with Gasteiger partial charge in [0.25, 0.3) is 0 Å². The summed E-state index contributed by atoms with van der Waals surface area (Å²) in [4.78, 5) is 0. The topological polar surface area (TPSA) is 0 Å². The van der Waals surface area contributed by atoms with E-state index < -0.39 is 0 Å². The van der Waals surface area contributed by atoms with E-state index in [1.54, 1.807) is 0 Å². The Morgan fingerprint density at radius 1 is 0.391 bits per heavy atom. The Kier molecular flexibility index (Phi) is 15.5. The van der Waals surface area contributed by atoms with Crippen LogP contribution in [0.3, 0.4) is 0 Å². The first-order valence-corrected chi connectivity index (χ1v) is 11.0. The summed E-state index contributed by atoms with van der Waals surface area (Å²) in [7, 11) is 0. The van der Waals surface area contributed by atoms with Gasteiger partial charge in [-0.3, -0.25) is 0 Å². The second kappa shape index (κ2) is 15.5. The fourth-order valence-electron chi connectivity index (χ4n) is 3.65. The first-order valence-electron chi connectivity index (χ1n) is 11.0.